The second-order valence-corrected chi connectivity index (χ2v) is 7.11. The van der Waals surface area contributed by atoms with E-state index in [-0.39, 0.29) is 0 Å². The molecule has 0 bridgehead atoms. The molecule has 102 valence electrons. The first-order valence-electron chi connectivity index (χ1n) is 6.73. The summed E-state index contributed by atoms with van der Waals surface area (Å²) >= 11 is 1.79. The van der Waals surface area contributed by atoms with Crippen LogP contribution in [0.1, 0.15) is 61.0 Å². The number of hydrogen-bond acceptors (Lipinski definition) is 4. The zero-order valence-electron chi connectivity index (χ0n) is 11.7. The molecule has 1 aromatic rings. The lowest BCUT2D eigenvalue weighted by molar-refractivity contribution is 0.180. The predicted molar refractivity (Wildman–Crippen MR) is 75.7 cm³/mol. The highest BCUT2D eigenvalue weighted by Gasteiger charge is 2.29. The summed E-state index contributed by atoms with van der Waals surface area (Å²) in [5, 5.41) is 1.28. The van der Waals surface area contributed by atoms with Crippen molar-refractivity contribution < 1.29 is 4.74 Å². The number of nitrogens with two attached hydrogens (primary N) is 1. The fourth-order valence-corrected chi connectivity index (χ4v) is 3.75. The molecule has 4 heteroatoms. The minimum Gasteiger partial charge on any atom is -0.378 e. The van der Waals surface area contributed by atoms with Crippen LogP contribution in [0.3, 0.4) is 0 Å². The number of aromatic nitrogens is 1. The number of rotatable bonds is 4. The summed E-state index contributed by atoms with van der Waals surface area (Å²) in [5.41, 5.74) is 7.34. The molecule has 0 aromatic carbocycles. The van der Waals surface area contributed by atoms with Crippen LogP contribution in [0.5, 0.6) is 0 Å². The van der Waals surface area contributed by atoms with Gasteiger partial charge in [0.1, 0.15) is 0 Å². The van der Waals surface area contributed by atoms with E-state index in [0.717, 1.165) is 5.69 Å². The normalized spacial score (nSPS) is 20.2. The van der Waals surface area contributed by atoms with E-state index in [0.29, 0.717) is 24.5 Å². The lowest BCUT2D eigenvalue weighted by Crippen LogP contribution is -2.20. The summed E-state index contributed by atoms with van der Waals surface area (Å²) in [6, 6.07) is 0. The molecule has 0 aliphatic heterocycles. The fourth-order valence-electron chi connectivity index (χ4n) is 2.63. The second kappa shape index (κ2) is 5.68. The highest BCUT2D eigenvalue weighted by Crippen LogP contribution is 2.43. The van der Waals surface area contributed by atoms with Crippen LogP contribution in [0.25, 0.3) is 0 Å². The van der Waals surface area contributed by atoms with Gasteiger partial charge in [-0.3, -0.25) is 0 Å². The molecule has 2 rings (SSSR count). The summed E-state index contributed by atoms with van der Waals surface area (Å²) in [4.78, 5) is 5.95. The summed E-state index contributed by atoms with van der Waals surface area (Å²) in [5.74, 6) is 0.638. The quantitative estimate of drug-likeness (QED) is 0.910. The molecule has 0 spiro atoms. The van der Waals surface area contributed by atoms with Gasteiger partial charge in [0.2, 0.25) is 0 Å². The van der Waals surface area contributed by atoms with Crippen molar-refractivity contribution in [3.8, 4) is 0 Å². The van der Waals surface area contributed by atoms with Gasteiger partial charge in [0.25, 0.3) is 0 Å². The molecular formula is C14H24N2OS. The Bertz CT molecular complexity index is 390. The Balaban J connectivity index is 2.09. The van der Waals surface area contributed by atoms with Gasteiger partial charge >= 0.3 is 0 Å². The zero-order valence-corrected chi connectivity index (χ0v) is 12.5. The standard InChI is InChI=1S/C14H24N2OS/c1-14(2)6-4-10(5-7-14)13-16-11(9-17-3)12(8-15)18-13/h10H,4-9,15H2,1-3H3. The third-order valence-electron chi connectivity index (χ3n) is 3.95. The second-order valence-electron chi connectivity index (χ2n) is 6.00. The Labute approximate surface area is 114 Å². The summed E-state index contributed by atoms with van der Waals surface area (Å²) in [7, 11) is 1.71. The molecule has 0 atom stereocenters. The van der Waals surface area contributed by atoms with E-state index in [1.807, 2.05) is 0 Å². The van der Waals surface area contributed by atoms with Gasteiger partial charge in [-0.05, 0) is 31.1 Å². The topological polar surface area (TPSA) is 48.1 Å². The number of thiazole rings is 1. The lowest BCUT2D eigenvalue weighted by atomic mass is 9.73. The molecule has 0 radical (unpaired) electrons. The van der Waals surface area contributed by atoms with Crippen molar-refractivity contribution in [3.63, 3.8) is 0 Å². The Morgan fingerprint density at radius 3 is 2.61 bits per heavy atom. The molecular weight excluding hydrogens is 244 g/mol. The molecule has 1 aliphatic rings. The van der Waals surface area contributed by atoms with Gasteiger partial charge in [0.05, 0.1) is 17.3 Å². The Morgan fingerprint density at radius 1 is 1.39 bits per heavy atom. The summed E-state index contributed by atoms with van der Waals surface area (Å²) in [6.45, 7) is 5.90. The third-order valence-corrected chi connectivity index (χ3v) is 5.23. The maximum atomic E-state index is 5.78. The van der Waals surface area contributed by atoms with Crippen molar-refractivity contribution in [1.29, 1.82) is 0 Å². The van der Waals surface area contributed by atoms with E-state index in [1.54, 1.807) is 18.4 Å². The van der Waals surface area contributed by atoms with E-state index in [9.17, 15) is 0 Å². The summed E-state index contributed by atoms with van der Waals surface area (Å²) < 4.78 is 5.19. The number of methoxy groups -OCH3 is 1. The Hall–Kier alpha value is -0.450. The molecule has 1 aromatic heterocycles. The highest BCUT2D eigenvalue weighted by atomic mass is 32.1. The van der Waals surface area contributed by atoms with Crippen LogP contribution in [-0.4, -0.2) is 12.1 Å². The zero-order chi connectivity index (χ0) is 13.2. The van der Waals surface area contributed by atoms with Crippen molar-refractivity contribution in [2.45, 2.75) is 58.6 Å². The SMILES string of the molecule is COCc1nc(C2CCC(C)(C)CC2)sc1CN. The van der Waals surface area contributed by atoms with E-state index < -0.39 is 0 Å². The van der Waals surface area contributed by atoms with Crippen molar-refractivity contribution in [1.82, 2.24) is 4.98 Å². The van der Waals surface area contributed by atoms with Crippen molar-refractivity contribution in [2.24, 2.45) is 11.1 Å². The van der Waals surface area contributed by atoms with Gasteiger partial charge in [-0.2, -0.15) is 0 Å². The van der Waals surface area contributed by atoms with Gasteiger partial charge in [-0.15, -0.1) is 11.3 Å². The van der Waals surface area contributed by atoms with Crippen molar-refractivity contribution in [3.05, 3.63) is 15.6 Å². The highest BCUT2D eigenvalue weighted by molar-refractivity contribution is 7.11. The average molecular weight is 268 g/mol. The molecule has 1 saturated carbocycles. The smallest absolute Gasteiger partial charge is 0.0963 e. The van der Waals surface area contributed by atoms with Crippen molar-refractivity contribution in [2.75, 3.05) is 7.11 Å². The van der Waals surface area contributed by atoms with E-state index >= 15 is 0 Å². The molecule has 0 unspecified atom stereocenters. The van der Waals surface area contributed by atoms with Crippen LogP contribution in [0.2, 0.25) is 0 Å². The average Bonchev–Trinajstić information content (AvgIpc) is 2.73. The number of hydrogen-bond donors (Lipinski definition) is 1. The summed E-state index contributed by atoms with van der Waals surface area (Å²) in [6.07, 6.45) is 5.12. The van der Waals surface area contributed by atoms with Crippen LogP contribution in [0.4, 0.5) is 0 Å². The van der Waals surface area contributed by atoms with Crippen LogP contribution >= 0.6 is 11.3 Å². The number of nitrogens with zero attached hydrogens (tertiary/aromatic N) is 1. The van der Waals surface area contributed by atoms with Crippen LogP contribution in [-0.2, 0) is 17.9 Å². The van der Waals surface area contributed by atoms with E-state index in [2.05, 4.69) is 13.8 Å². The molecule has 1 aliphatic carbocycles. The molecule has 1 fully saturated rings. The first-order chi connectivity index (χ1) is 8.55. The molecule has 0 amide bonds. The van der Waals surface area contributed by atoms with Crippen LogP contribution in [0, 0.1) is 5.41 Å². The molecule has 0 saturated heterocycles. The third kappa shape index (κ3) is 3.11. The van der Waals surface area contributed by atoms with E-state index in [1.165, 1.54) is 35.6 Å². The first kappa shape index (κ1) is 14.0. The Kier molecular flexibility index (Phi) is 4.41. The molecule has 18 heavy (non-hydrogen) atoms. The minimum absolute atomic E-state index is 0.514. The lowest BCUT2D eigenvalue weighted by Gasteiger charge is -2.33. The van der Waals surface area contributed by atoms with Gasteiger partial charge in [0, 0.05) is 24.4 Å². The van der Waals surface area contributed by atoms with E-state index in [4.69, 9.17) is 15.5 Å². The Morgan fingerprint density at radius 2 is 2.06 bits per heavy atom. The predicted octanol–water partition coefficient (Wildman–Crippen LogP) is 3.43. The molecule has 3 nitrogen and oxygen atoms in total. The van der Waals surface area contributed by atoms with Gasteiger partial charge in [-0.25, -0.2) is 4.98 Å². The molecule has 1 heterocycles. The monoisotopic (exact) mass is 268 g/mol. The maximum Gasteiger partial charge on any atom is 0.0963 e. The fraction of sp³-hybridized carbons (Fsp3) is 0.786. The van der Waals surface area contributed by atoms with Crippen molar-refractivity contribution >= 4 is 11.3 Å². The van der Waals surface area contributed by atoms with Crippen LogP contribution < -0.4 is 5.73 Å². The molecule has 2 N–H and O–H groups in total. The largest absolute Gasteiger partial charge is 0.378 e. The van der Waals surface area contributed by atoms with Gasteiger partial charge in [-0.1, -0.05) is 13.8 Å². The van der Waals surface area contributed by atoms with Gasteiger partial charge < -0.3 is 10.5 Å². The number of ether oxygens (including phenoxy) is 1. The first-order valence-corrected chi connectivity index (χ1v) is 7.55. The van der Waals surface area contributed by atoms with Gasteiger partial charge in [0.15, 0.2) is 0 Å². The maximum absolute atomic E-state index is 5.78. The van der Waals surface area contributed by atoms with Crippen LogP contribution in [0.15, 0.2) is 0 Å². The minimum atomic E-state index is 0.514.